The highest BCUT2D eigenvalue weighted by atomic mass is 19.1. The number of nitrogens with one attached hydrogen (secondary N) is 1. The van der Waals surface area contributed by atoms with Gasteiger partial charge in [0.15, 0.2) is 0 Å². The van der Waals surface area contributed by atoms with Crippen molar-refractivity contribution in [2.45, 2.75) is 6.42 Å². The summed E-state index contributed by atoms with van der Waals surface area (Å²) in [6.45, 7) is -0.415. The smallest absolute Gasteiger partial charge is 0.291 e. The van der Waals surface area contributed by atoms with Crippen molar-refractivity contribution in [1.29, 1.82) is 0 Å². The molecule has 0 aromatic heterocycles. The van der Waals surface area contributed by atoms with Crippen LogP contribution in [0.3, 0.4) is 0 Å². The summed E-state index contributed by atoms with van der Waals surface area (Å²) >= 11 is 0. The number of nitro groups is 1. The first-order chi connectivity index (χ1) is 7.58. The molecule has 0 aliphatic carbocycles. The van der Waals surface area contributed by atoms with Crippen LogP contribution >= 0.6 is 0 Å². The standard InChI is InChI=1S/C10H11FN2O3/c11-9-3-1-8(2-4-9)5-6-12-10(14)7-13(15)16/h1-4H,5-7H2,(H,12,14). The van der Waals surface area contributed by atoms with E-state index in [1.807, 2.05) is 0 Å². The third kappa shape index (κ3) is 4.50. The van der Waals surface area contributed by atoms with E-state index in [-0.39, 0.29) is 5.82 Å². The molecule has 0 atom stereocenters. The lowest BCUT2D eigenvalue weighted by Gasteiger charge is -2.02. The summed E-state index contributed by atoms with van der Waals surface area (Å²) < 4.78 is 12.5. The van der Waals surface area contributed by atoms with E-state index in [4.69, 9.17) is 0 Å². The van der Waals surface area contributed by atoms with Crippen molar-refractivity contribution in [3.8, 4) is 0 Å². The molecule has 0 unspecified atom stereocenters. The maximum atomic E-state index is 12.5. The molecule has 1 N–H and O–H groups in total. The van der Waals surface area contributed by atoms with Crippen molar-refractivity contribution in [1.82, 2.24) is 5.32 Å². The molecule has 5 nitrogen and oxygen atoms in total. The molecule has 0 bridgehead atoms. The van der Waals surface area contributed by atoms with Gasteiger partial charge in [0.2, 0.25) is 0 Å². The monoisotopic (exact) mass is 226 g/mol. The first-order valence-electron chi connectivity index (χ1n) is 4.71. The molecular formula is C10H11FN2O3. The molecule has 0 aliphatic heterocycles. The van der Waals surface area contributed by atoms with Crippen molar-refractivity contribution in [2.75, 3.05) is 13.1 Å². The number of carbonyl (C=O) groups excluding carboxylic acids is 1. The Labute approximate surface area is 91.4 Å². The molecule has 0 radical (unpaired) electrons. The zero-order valence-electron chi connectivity index (χ0n) is 8.48. The largest absolute Gasteiger partial charge is 0.350 e. The summed E-state index contributed by atoms with van der Waals surface area (Å²) in [6.07, 6.45) is 0.518. The lowest BCUT2D eigenvalue weighted by atomic mass is 10.1. The molecule has 0 fully saturated rings. The molecule has 1 rings (SSSR count). The Kier molecular flexibility index (Phi) is 4.38. The number of halogens is 1. The van der Waals surface area contributed by atoms with E-state index in [0.29, 0.717) is 13.0 Å². The molecule has 0 saturated carbocycles. The molecule has 1 aromatic carbocycles. The van der Waals surface area contributed by atoms with Gasteiger partial charge in [-0.15, -0.1) is 0 Å². The van der Waals surface area contributed by atoms with Gasteiger partial charge in [0.05, 0.1) is 0 Å². The average molecular weight is 226 g/mol. The van der Waals surface area contributed by atoms with Gasteiger partial charge in [-0.3, -0.25) is 14.9 Å². The van der Waals surface area contributed by atoms with E-state index in [2.05, 4.69) is 5.32 Å². The van der Waals surface area contributed by atoms with Crippen LogP contribution in [0.2, 0.25) is 0 Å². The highest BCUT2D eigenvalue weighted by Crippen LogP contribution is 2.02. The highest BCUT2D eigenvalue weighted by molar-refractivity contribution is 5.76. The Morgan fingerprint density at radius 2 is 2.00 bits per heavy atom. The van der Waals surface area contributed by atoms with Crippen LogP contribution in [0.1, 0.15) is 5.56 Å². The fourth-order valence-electron chi connectivity index (χ4n) is 1.17. The predicted molar refractivity (Wildman–Crippen MR) is 55.0 cm³/mol. The van der Waals surface area contributed by atoms with Crippen LogP contribution in [0.25, 0.3) is 0 Å². The fourth-order valence-corrected chi connectivity index (χ4v) is 1.17. The van der Waals surface area contributed by atoms with E-state index >= 15 is 0 Å². The van der Waals surface area contributed by atoms with Crippen LogP contribution in [0, 0.1) is 15.9 Å². The Bertz CT molecular complexity index is 378. The van der Waals surface area contributed by atoms with E-state index in [0.717, 1.165) is 5.56 Å². The average Bonchev–Trinajstić information content (AvgIpc) is 2.20. The second kappa shape index (κ2) is 5.79. The molecule has 1 amide bonds. The van der Waals surface area contributed by atoms with Crippen molar-refractivity contribution in [3.05, 3.63) is 45.8 Å². The van der Waals surface area contributed by atoms with Gasteiger partial charge in [0, 0.05) is 11.5 Å². The van der Waals surface area contributed by atoms with Gasteiger partial charge in [-0.2, -0.15) is 0 Å². The number of amides is 1. The quantitative estimate of drug-likeness (QED) is 0.595. The minimum Gasteiger partial charge on any atom is -0.350 e. The molecule has 16 heavy (non-hydrogen) atoms. The highest BCUT2D eigenvalue weighted by Gasteiger charge is 2.07. The number of rotatable bonds is 5. The lowest BCUT2D eigenvalue weighted by molar-refractivity contribution is -0.467. The maximum absolute atomic E-state index is 12.5. The van der Waals surface area contributed by atoms with Gasteiger partial charge in [-0.25, -0.2) is 4.39 Å². The molecule has 0 saturated heterocycles. The molecular weight excluding hydrogens is 215 g/mol. The van der Waals surface area contributed by atoms with Gasteiger partial charge in [-0.05, 0) is 24.1 Å². The molecule has 86 valence electrons. The summed E-state index contributed by atoms with van der Waals surface area (Å²) in [4.78, 5) is 20.2. The van der Waals surface area contributed by atoms with Crippen LogP contribution in [0.4, 0.5) is 4.39 Å². The van der Waals surface area contributed by atoms with Crippen molar-refractivity contribution >= 4 is 5.91 Å². The van der Waals surface area contributed by atoms with Gasteiger partial charge in [-0.1, -0.05) is 12.1 Å². The summed E-state index contributed by atoms with van der Waals surface area (Å²) in [5, 5.41) is 12.4. The molecule has 0 spiro atoms. The normalized spacial score (nSPS) is 9.81. The first-order valence-corrected chi connectivity index (χ1v) is 4.71. The van der Waals surface area contributed by atoms with Gasteiger partial charge in [0.1, 0.15) is 5.82 Å². The predicted octanol–water partition coefficient (Wildman–Crippen LogP) is 0.761. The summed E-state index contributed by atoms with van der Waals surface area (Å²) in [7, 11) is 0. The Balaban J connectivity index is 2.28. The fraction of sp³-hybridized carbons (Fsp3) is 0.300. The van der Waals surface area contributed by atoms with E-state index in [9.17, 15) is 19.3 Å². The van der Waals surface area contributed by atoms with E-state index in [1.54, 1.807) is 12.1 Å². The summed E-state index contributed by atoms with van der Waals surface area (Å²) in [5.74, 6) is -0.937. The SMILES string of the molecule is O=C(C[N+](=O)[O-])NCCc1ccc(F)cc1. The van der Waals surface area contributed by atoms with Crippen molar-refractivity contribution in [2.24, 2.45) is 0 Å². The number of carbonyl (C=O) groups is 1. The lowest BCUT2D eigenvalue weighted by Crippen LogP contribution is -2.31. The van der Waals surface area contributed by atoms with Crippen LogP contribution < -0.4 is 5.32 Å². The van der Waals surface area contributed by atoms with Crippen LogP contribution in [0.15, 0.2) is 24.3 Å². The summed E-state index contributed by atoms with van der Waals surface area (Å²) in [5.41, 5.74) is 0.864. The third-order valence-electron chi connectivity index (χ3n) is 1.92. The Morgan fingerprint density at radius 1 is 1.38 bits per heavy atom. The van der Waals surface area contributed by atoms with Gasteiger partial charge in [0.25, 0.3) is 12.5 Å². The van der Waals surface area contributed by atoms with Gasteiger partial charge >= 0.3 is 0 Å². The minimum atomic E-state index is -0.719. The van der Waals surface area contributed by atoms with Gasteiger partial charge < -0.3 is 5.32 Å². The number of hydrogen-bond acceptors (Lipinski definition) is 3. The molecule has 6 heteroatoms. The van der Waals surface area contributed by atoms with E-state index in [1.165, 1.54) is 12.1 Å². The van der Waals surface area contributed by atoms with E-state index < -0.39 is 17.4 Å². The number of nitrogens with zero attached hydrogens (tertiary/aromatic N) is 1. The Morgan fingerprint density at radius 3 is 2.56 bits per heavy atom. The first kappa shape index (κ1) is 12.1. The minimum absolute atomic E-state index is 0.304. The van der Waals surface area contributed by atoms with Crippen LogP contribution in [0.5, 0.6) is 0 Å². The number of benzene rings is 1. The Hall–Kier alpha value is -1.98. The second-order valence-electron chi connectivity index (χ2n) is 3.22. The van der Waals surface area contributed by atoms with Crippen molar-refractivity contribution < 1.29 is 14.1 Å². The zero-order valence-corrected chi connectivity index (χ0v) is 8.48. The van der Waals surface area contributed by atoms with Crippen molar-refractivity contribution in [3.63, 3.8) is 0 Å². The third-order valence-corrected chi connectivity index (χ3v) is 1.92. The number of hydrogen-bond donors (Lipinski definition) is 1. The zero-order chi connectivity index (χ0) is 12.0. The maximum Gasteiger partial charge on any atom is 0.291 e. The molecule has 0 heterocycles. The van der Waals surface area contributed by atoms with Crippen LogP contribution in [-0.4, -0.2) is 23.9 Å². The topological polar surface area (TPSA) is 72.2 Å². The molecule has 0 aliphatic rings. The molecule has 1 aromatic rings. The van der Waals surface area contributed by atoms with Crippen LogP contribution in [-0.2, 0) is 11.2 Å². The summed E-state index contributed by atoms with van der Waals surface area (Å²) in [6, 6.07) is 5.87. The second-order valence-corrected chi connectivity index (χ2v) is 3.22.